The van der Waals surface area contributed by atoms with Crippen LogP contribution in [0.25, 0.3) is 30.6 Å². The molecule has 13 saturated carbocycles. The fourth-order valence-electron chi connectivity index (χ4n) is 36.1. The molecule has 0 radical (unpaired) electrons. The monoisotopic (exact) mass is 2080 g/mol. The molecule has 0 aromatic rings. The number of likely N-dealkylation sites (tertiary alicyclic amines) is 4. The van der Waals surface area contributed by atoms with Crippen molar-refractivity contribution in [2.75, 3.05) is 49.3 Å². The van der Waals surface area contributed by atoms with Gasteiger partial charge in [-0.05, 0) is 292 Å². The van der Waals surface area contributed by atoms with E-state index in [4.69, 9.17) is 19.9 Å². The van der Waals surface area contributed by atoms with Gasteiger partial charge in [0.2, 0.25) is 0 Å². The van der Waals surface area contributed by atoms with Gasteiger partial charge in [-0.1, -0.05) is 297 Å². The summed E-state index contributed by atoms with van der Waals surface area (Å²) in [6.07, 6.45) is 47.3. The van der Waals surface area contributed by atoms with E-state index in [1.165, 1.54) is 205 Å². The van der Waals surface area contributed by atoms with Gasteiger partial charge in [0, 0.05) is 54.4 Å². The van der Waals surface area contributed by atoms with Crippen molar-refractivity contribution in [1.29, 1.82) is 0 Å². The molecule has 4 heterocycles. The van der Waals surface area contributed by atoms with Gasteiger partial charge in [0.25, 0.3) is 0 Å². The summed E-state index contributed by atoms with van der Waals surface area (Å²) in [5.41, 5.74) is 5.02. The average molecular weight is 2090 g/mol. The van der Waals surface area contributed by atoms with Crippen LogP contribution in [0.5, 0.6) is 0 Å². The zero-order chi connectivity index (χ0) is 86.4. The molecule has 132 heavy (non-hydrogen) atoms. The molecule has 10 nitrogen and oxygen atoms in total. The van der Waals surface area contributed by atoms with Gasteiger partial charge in [-0.2, -0.15) is 28.2 Å². The van der Waals surface area contributed by atoms with Crippen LogP contribution < -0.4 is 0 Å². The second kappa shape index (κ2) is 56.2. The van der Waals surface area contributed by atoms with E-state index in [1.54, 1.807) is 28.2 Å². The second-order valence-corrected chi connectivity index (χ2v) is 68.4. The van der Waals surface area contributed by atoms with Crippen LogP contribution in [-0.4, -0.2) is 178 Å². The summed E-state index contributed by atoms with van der Waals surface area (Å²) < 4.78 is 0. The van der Waals surface area contributed by atoms with Gasteiger partial charge in [0.15, 0.2) is 0 Å². The Morgan fingerprint density at radius 3 is 0.864 bits per heavy atom. The normalized spacial score (nSPS) is 39.5. The van der Waals surface area contributed by atoms with Gasteiger partial charge in [-0.3, -0.25) is 19.6 Å². The summed E-state index contributed by atoms with van der Waals surface area (Å²) in [7, 11) is 7.73. The van der Waals surface area contributed by atoms with Crippen molar-refractivity contribution in [3.05, 3.63) is 105 Å². The Morgan fingerprint density at radius 2 is 0.576 bits per heavy atom. The van der Waals surface area contributed by atoms with E-state index in [9.17, 15) is 0 Å². The van der Waals surface area contributed by atoms with Crippen LogP contribution in [0.4, 0.5) is 0 Å². The molecule has 17 rings (SSSR count). The third kappa shape index (κ3) is 29.4. The topological polar surface area (TPSA) is 97.6 Å². The predicted molar refractivity (Wildman–Crippen MR) is 590 cm³/mol. The van der Waals surface area contributed by atoms with Gasteiger partial charge < -0.3 is 105 Å². The molecular formula is C114H228N10Si4Ti3Zr. The average Bonchev–Trinajstić information content (AvgIpc) is 1.53. The molecule has 17 aliphatic rings. The van der Waals surface area contributed by atoms with E-state index in [0.29, 0.717) is 6.04 Å². The third-order valence-electron chi connectivity index (χ3n) is 38.1. The Labute approximate surface area is 900 Å². The van der Waals surface area contributed by atoms with Gasteiger partial charge in [0.05, 0.1) is 0 Å². The quantitative estimate of drug-likeness (QED) is 0.144. The second-order valence-electron chi connectivity index (χ2n) is 51.7. The number of hydrogen-bond donors (Lipinski definition) is 0. The molecule has 34 unspecified atom stereocenters. The van der Waals surface area contributed by atoms with E-state index < -0.39 is 32.9 Å². The Hall–Kier alpha value is 3.49. The molecule has 4 saturated heterocycles. The minimum atomic E-state index is -1.86. The molecule has 0 aromatic carbocycles. The van der Waals surface area contributed by atoms with Crippen molar-refractivity contribution in [3.63, 3.8) is 0 Å². The summed E-state index contributed by atoms with van der Waals surface area (Å²) in [5, 5.41) is 7.00. The van der Waals surface area contributed by atoms with E-state index >= 15 is 0 Å². The minimum absolute atomic E-state index is 0. The maximum Gasteiger partial charge on any atom is 4.00 e. The van der Waals surface area contributed by atoms with Gasteiger partial charge in [-0.15, -0.1) is 22.2 Å². The minimum Gasteiger partial charge on any atom is -0.668 e. The largest absolute Gasteiger partial charge is 4.00 e. The van der Waals surface area contributed by atoms with Gasteiger partial charge in [0.1, 0.15) is 0 Å². The first kappa shape index (κ1) is 140. The summed E-state index contributed by atoms with van der Waals surface area (Å²) in [6, 6.07) is 7.58. The molecule has 0 amide bonds. The first-order valence-corrected chi connectivity index (χ1v) is 63.7. The molecule has 13 aliphatic carbocycles. The molecule has 0 N–H and O–H groups in total. The standard InChI is InChI=1S/C31H57N2Si.3C23H43N2Si.2C2H6N.10CH3.3Ti.Zr/c1-9-31(6,7)32-34(8,23-14-10-11-15-23)30-25-19-21(4)18-22(5)27(25)28-24-16-12-13-17-26(24)33(20(2)3)29(28)30;3*1-15-12-13-19-18(14-15)20-16-10-8-9-11-17(16)22(21(20)25(19)5)26(6,7)24-23(2,3)4;2*1-3-2;;;;;;;;;;;;;;/h20-30H,9-19H2,1-8H3;3*15-22H,8-14H2,1-7H3;2*1-2H3;10*1H3;;;;/q16*-1;4*+4. The fourth-order valence-corrected chi connectivity index (χ4v) is 56.3. The summed E-state index contributed by atoms with van der Waals surface area (Å²) in [6.45, 7) is 64.6. The van der Waals surface area contributed by atoms with Gasteiger partial charge in [-0.25, -0.2) is 0 Å². The summed E-state index contributed by atoms with van der Waals surface area (Å²) in [5.74, 6) is 20.5. The summed E-state index contributed by atoms with van der Waals surface area (Å²) >= 11 is 0. The molecule has 17 fully saturated rings. The van der Waals surface area contributed by atoms with E-state index in [2.05, 4.69) is 229 Å². The fraction of sp³-hybridized carbons (Fsp3) is 0.912. The van der Waals surface area contributed by atoms with Crippen molar-refractivity contribution in [1.82, 2.24) is 19.6 Å². The van der Waals surface area contributed by atoms with E-state index in [0.717, 1.165) is 200 Å². The Bertz CT molecular complexity index is 2940. The van der Waals surface area contributed by atoms with Crippen molar-refractivity contribution in [2.24, 2.45) is 124 Å². The Morgan fingerprint density at radius 1 is 0.303 bits per heavy atom. The molecule has 18 heteroatoms. The van der Waals surface area contributed by atoms with Crippen LogP contribution in [0.2, 0.25) is 73.5 Å². The first-order chi connectivity index (χ1) is 55.2. The number of rotatable bonds is 12. The zero-order valence-electron chi connectivity index (χ0n) is 96.3. The Balaban J connectivity index is -0.00000160. The van der Waals surface area contributed by atoms with Crippen molar-refractivity contribution < 1.29 is 91.4 Å². The number of nitrogens with zero attached hydrogens (tertiary/aromatic N) is 10. The van der Waals surface area contributed by atoms with Gasteiger partial charge >= 0.3 is 91.4 Å². The molecule has 766 valence electrons. The maximum absolute atomic E-state index is 6.15. The molecule has 0 aromatic heterocycles. The van der Waals surface area contributed by atoms with Crippen LogP contribution in [0.3, 0.4) is 0 Å². The van der Waals surface area contributed by atoms with Crippen LogP contribution in [-0.2, 0) is 91.4 Å². The first-order valence-electron chi connectivity index (χ1n) is 52.1. The van der Waals surface area contributed by atoms with Crippen molar-refractivity contribution in [3.8, 4) is 0 Å². The van der Waals surface area contributed by atoms with Crippen LogP contribution >= 0.6 is 0 Å². The van der Waals surface area contributed by atoms with E-state index in [-0.39, 0.29) is 188 Å². The maximum atomic E-state index is 6.15. The molecule has 4 aliphatic heterocycles. The Kier molecular flexibility index (Phi) is 59.5. The third-order valence-corrected chi connectivity index (χ3v) is 54.4. The predicted octanol–water partition coefficient (Wildman–Crippen LogP) is 33.6. The smallest absolute Gasteiger partial charge is 0.668 e. The van der Waals surface area contributed by atoms with Crippen molar-refractivity contribution >= 4 is 32.9 Å². The molecule has 34 atom stereocenters. The van der Waals surface area contributed by atoms with Crippen LogP contribution in [0.15, 0.2) is 0 Å². The molecule has 0 spiro atoms. The van der Waals surface area contributed by atoms with Crippen LogP contribution in [0, 0.1) is 199 Å². The number of fused-ring (bicyclic) bond motifs is 20. The number of hydrogen-bond acceptors (Lipinski definition) is 4. The zero-order valence-corrected chi connectivity index (χ0v) is 107. The molecular weight excluding hydrogens is 1860 g/mol. The van der Waals surface area contributed by atoms with Crippen LogP contribution in [0.1, 0.15) is 337 Å². The molecule has 0 bridgehead atoms. The SMILES string of the molecule is CC1CCC2C(C1)C1C3CCCCC3C([Si](C)(C)[N-]C(C)(C)C)C1N2C.CC1CCC2C(C1)C1C3CCCCC3C([Si](C)(C)[N-]C(C)(C)C)C1N2C.CC1CCC2C(C1)C1C3CCCCC3C([Si](C)(C)[N-]C(C)(C)C)C1N2C.CCC(C)(C)[N-][Si](C)(C1CCCC1)C1C2CC(C)CC(C)C2C2C3CCCCC3N(C(C)C)C21.C[N-]C.C[N-]C.[CH3-].[CH3-].[CH3-].[CH3-].[CH3-].[CH3-].[CH3-].[CH3-].[CH3-].[CH3-].[Ti+4].[Ti+4].[Ti+4].[Zr+4]. The van der Waals surface area contributed by atoms with E-state index in [1.807, 2.05) is 0 Å². The summed E-state index contributed by atoms with van der Waals surface area (Å²) in [4.78, 5) is 34.7. The van der Waals surface area contributed by atoms with Crippen molar-refractivity contribution in [2.45, 2.75) is 487 Å².